The highest BCUT2D eigenvalue weighted by molar-refractivity contribution is 7.93. The molecule has 148 valence electrons. The van der Waals surface area contributed by atoms with E-state index >= 15 is 0 Å². The van der Waals surface area contributed by atoms with E-state index in [-0.39, 0.29) is 10.8 Å². The maximum atomic E-state index is 12.9. The van der Waals surface area contributed by atoms with Crippen molar-refractivity contribution >= 4 is 38.9 Å². The summed E-state index contributed by atoms with van der Waals surface area (Å²) in [5.74, 6) is 0.124. The van der Waals surface area contributed by atoms with E-state index in [9.17, 15) is 13.2 Å². The average molecular weight is 429 g/mol. The topological polar surface area (TPSA) is 75.7 Å². The third-order valence-corrected chi connectivity index (χ3v) is 6.89. The smallest absolute Gasteiger partial charge is 0.264 e. The number of hydrogen-bond acceptors (Lipinski definition) is 4. The lowest BCUT2D eigenvalue weighted by atomic mass is 10.00. The van der Waals surface area contributed by atoms with Crippen molar-refractivity contribution in [1.82, 2.24) is 0 Å². The number of ether oxygens (including phenoxy) is 1. The fourth-order valence-corrected chi connectivity index (χ4v) is 4.92. The Bertz CT molecular complexity index is 1240. The molecule has 6 nitrogen and oxygen atoms in total. The van der Waals surface area contributed by atoms with Gasteiger partial charge in [0, 0.05) is 28.8 Å². The number of halogens is 1. The molecule has 8 heteroatoms. The fourth-order valence-electron chi connectivity index (χ4n) is 3.33. The number of carbonyl (C=O) groups excluding carboxylic acids is 1. The average Bonchev–Trinajstić information content (AvgIpc) is 2.72. The number of amides is 1. The SMILES string of the molecule is COc1ccc(Cl)cc1NC(=O)c1ccc2c(c1)-c1ccccc1S(=O)(=O)N2C. The van der Waals surface area contributed by atoms with E-state index in [1.165, 1.54) is 18.5 Å². The molecule has 0 radical (unpaired) electrons. The summed E-state index contributed by atoms with van der Waals surface area (Å²) in [5, 5.41) is 3.26. The molecule has 1 amide bonds. The van der Waals surface area contributed by atoms with Crippen molar-refractivity contribution in [3.63, 3.8) is 0 Å². The first-order chi connectivity index (χ1) is 13.8. The summed E-state index contributed by atoms with van der Waals surface area (Å²) in [4.78, 5) is 13.1. The van der Waals surface area contributed by atoms with Crippen LogP contribution in [0.5, 0.6) is 5.75 Å². The summed E-state index contributed by atoms with van der Waals surface area (Å²) in [6.45, 7) is 0. The number of rotatable bonds is 3. The molecule has 0 atom stereocenters. The van der Waals surface area contributed by atoms with Gasteiger partial charge in [0.15, 0.2) is 0 Å². The molecule has 0 saturated carbocycles. The van der Waals surface area contributed by atoms with Gasteiger partial charge in [0.1, 0.15) is 5.75 Å². The second kappa shape index (κ2) is 7.09. The predicted octanol–water partition coefficient (Wildman–Crippen LogP) is 4.41. The Balaban J connectivity index is 1.77. The van der Waals surface area contributed by atoms with Gasteiger partial charge < -0.3 is 10.1 Å². The van der Waals surface area contributed by atoms with Gasteiger partial charge in [0.05, 0.1) is 23.4 Å². The molecule has 1 aliphatic rings. The van der Waals surface area contributed by atoms with Crippen LogP contribution in [0.25, 0.3) is 11.1 Å². The lowest BCUT2D eigenvalue weighted by Crippen LogP contribution is -2.30. The summed E-state index contributed by atoms with van der Waals surface area (Å²) >= 11 is 6.03. The van der Waals surface area contributed by atoms with Crippen LogP contribution in [0.3, 0.4) is 0 Å². The number of sulfonamides is 1. The molecule has 0 bridgehead atoms. The Labute approximate surface area is 173 Å². The molecule has 1 aliphatic heterocycles. The van der Waals surface area contributed by atoms with Gasteiger partial charge >= 0.3 is 0 Å². The Morgan fingerprint density at radius 2 is 1.79 bits per heavy atom. The van der Waals surface area contributed by atoms with Crippen molar-refractivity contribution < 1.29 is 17.9 Å². The first-order valence-corrected chi connectivity index (χ1v) is 10.5. The quantitative estimate of drug-likeness (QED) is 0.670. The molecule has 0 aliphatic carbocycles. The zero-order chi connectivity index (χ0) is 20.8. The van der Waals surface area contributed by atoms with Crippen LogP contribution < -0.4 is 14.4 Å². The van der Waals surface area contributed by atoms with E-state index in [4.69, 9.17) is 16.3 Å². The summed E-state index contributed by atoms with van der Waals surface area (Å²) < 4.78 is 32.0. The van der Waals surface area contributed by atoms with Crippen molar-refractivity contribution in [2.75, 3.05) is 23.8 Å². The largest absolute Gasteiger partial charge is 0.495 e. The molecule has 0 fully saturated rings. The zero-order valence-corrected chi connectivity index (χ0v) is 17.2. The van der Waals surface area contributed by atoms with Gasteiger partial charge in [0.25, 0.3) is 15.9 Å². The number of methoxy groups -OCH3 is 1. The normalized spacial score (nSPS) is 14.0. The Morgan fingerprint density at radius 1 is 1.03 bits per heavy atom. The third kappa shape index (κ3) is 3.22. The van der Waals surface area contributed by atoms with E-state index in [1.807, 2.05) is 0 Å². The highest BCUT2D eigenvalue weighted by atomic mass is 35.5. The first-order valence-electron chi connectivity index (χ1n) is 8.70. The lowest BCUT2D eigenvalue weighted by Gasteiger charge is -2.29. The van der Waals surface area contributed by atoms with Gasteiger partial charge in [-0.25, -0.2) is 8.42 Å². The minimum absolute atomic E-state index is 0.212. The van der Waals surface area contributed by atoms with Crippen LogP contribution in [0, 0.1) is 0 Å². The molecular formula is C21H17ClN2O4S. The van der Waals surface area contributed by atoms with Crippen molar-refractivity contribution in [1.29, 1.82) is 0 Å². The number of benzene rings is 3. The lowest BCUT2D eigenvalue weighted by molar-refractivity contribution is 0.102. The van der Waals surface area contributed by atoms with Gasteiger partial charge in [-0.3, -0.25) is 9.10 Å². The minimum Gasteiger partial charge on any atom is -0.495 e. The molecular weight excluding hydrogens is 412 g/mol. The Hall–Kier alpha value is -3.03. The van der Waals surface area contributed by atoms with Crippen LogP contribution in [0.15, 0.2) is 65.6 Å². The van der Waals surface area contributed by atoms with Crippen LogP contribution >= 0.6 is 11.6 Å². The van der Waals surface area contributed by atoms with Crippen LogP contribution in [-0.4, -0.2) is 28.5 Å². The first kappa shape index (κ1) is 19.3. The number of anilines is 2. The highest BCUT2D eigenvalue weighted by Gasteiger charge is 2.32. The Morgan fingerprint density at radius 3 is 2.55 bits per heavy atom. The number of nitrogens with one attached hydrogen (secondary N) is 1. The molecule has 1 heterocycles. The maximum absolute atomic E-state index is 12.9. The van der Waals surface area contributed by atoms with Crippen LogP contribution in [0.4, 0.5) is 11.4 Å². The highest BCUT2D eigenvalue weighted by Crippen LogP contribution is 2.42. The van der Waals surface area contributed by atoms with Gasteiger partial charge in [0.2, 0.25) is 0 Å². The number of fused-ring (bicyclic) bond motifs is 3. The molecule has 3 aromatic rings. The summed E-state index contributed by atoms with van der Waals surface area (Å²) in [5.41, 5.74) is 2.58. The summed E-state index contributed by atoms with van der Waals surface area (Å²) in [7, 11) is -0.622. The second-order valence-electron chi connectivity index (χ2n) is 6.50. The van der Waals surface area contributed by atoms with Gasteiger partial charge in [-0.2, -0.15) is 0 Å². The number of hydrogen-bond donors (Lipinski definition) is 1. The van der Waals surface area contributed by atoms with Crippen molar-refractivity contribution in [2.45, 2.75) is 4.90 Å². The molecule has 3 aromatic carbocycles. The van der Waals surface area contributed by atoms with Gasteiger partial charge in [-0.1, -0.05) is 29.8 Å². The van der Waals surface area contributed by atoms with E-state index < -0.39 is 10.0 Å². The predicted molar refractivity (Wildman–Crippen MR) is 113 cm³/mol. The maximum Gasteiger partial charge on any atom is 0.264 e. The van der Waals surface area contributed by atoms with Crippen molar-refractivity contribution in [3.05, 3.63) is 71.2 Å². The van der Waals surface area contributed by atoms with E-state index in [2.05, 4.69) is 5.32 Å². The van der Waals surface area contributed by atoms with Crippen LogP contribution in [0.2, 0.25) is 5.02 Å². The minimum atomic E-state index is -3.63. The molecule has 0 spiro atoms. The fraction of sp³-hybridized carbons (Fsp3) is 0.0952. The monoisotopic (exact) mass is 428 g/mol. The molecule has 4 rings (SSSR count). The summed E-state index contributed by atoms with van der Waals surface area (Å²) in [6.07, 6.45) is 0. The van der Waals surface area contributed by atoms with Crippen molar-refractivity contribution in [2.24, 2.45) is 0 Å². The van der Waals surface area contributed by atoms with Gasteiger partial charge in [-0.15, -0.1) is 0 Å². The standard InChI is InChI=1S/C21H17ClN2O4S/c1-24-18-9-7-13(21(25)23-17-12-14(22)8-10-19(17)28-2)11-16(18)15-5-3-4-6-20(15)29(24,26)27/h3-12H,1-2H3,(H,23,25). The molecule has 29 heavy (non-hydrogen) atoms. The Kier molecular flexibility index (Phi) is 4.72. The van der Waals surface area contributed by atoms with E-state index in [0.717, 1.165) is 0 Å². The number of nitrogens with zero attached hydrogens (tertiary/aromatic N) is 1. The number of carbonyl (C=O) groups is 1. The zero-order valence-electron chi connectivity index (χ0n) is 15.6. The van der Waals surface area contributed by atoms with Crippen molar-refractivity contribution in [3.8, 4) is 16.9 Å². The summed E-state index contributed by atoms with van der Waals surface area (Å²) in [6, 6.07) is 16.6. The van der Waals surface area contributed by atoms with Crippen LogP contribution in [-0.2, 0) is 10.0 Å². The van der Waals surface area contributed by atoms with E-state index in [0.29, 0.717) is 38.8 Å². The molecule has 0 saturated heterocycles. The van der Waals surface area contributed by atoms with E-state index in [1.54, 1.807) is 60.7 Å². The molecule has 0 unspecified atom stereocenters. The molecule has 0 aromatic heterocycles. The second-order valence-corrected chi connectivity index (χ2v) is 8.87. The van der Waals surface area contributed by atoms with Gasteiger partial charge in [-0.05, 0) is 42.5 Å². The third-order valence-electron chi connectivity index (χ3n) is 4.82. The molecule has 1 N–H and O–H groups in total. The van der Waals surface area contributed by atoms with Crippen LogP contribution in [0.1, 0.15) is 10.4 Å².